The van der Waals surface area contributed by atoms with Crippen molar-refractivity contribution in [3.63, 3.8) is 0 Å². The average Bonchev–Trinajstić information content (AvgIpc) is 2.92. The van der Waals surface area contributed by atoms with Crippen molar-refractivity contribution < 1.29 is 19.0 Å². The van der Waals surface area contributed by atoms with Crippen LogP contribution in [0.5, 0.6) is 11.5 Å². The number of carbonyl (C=O) groups is 1. The van der Waals surface area contributed by atoms with Crippen molar-refractivity contribution in [2.24, 2.45) is 5.10 Å². The highest BCUT2D eigenvalue weighted by Crippen LogP contribution is 2.37. The van der Waals surface area contributed by atoms with Crippen LogP contribution in [0.1, 0.15) is 25.1 Å². The van der Waals surface area contributed by atoms with Crippen molar-refractivity contribution in [1.29, 1.82) is 0 Å². The minimum Gasteiger partial charge on any atom is -0.490 e. The standard InChI is InChI=1S/C17H21BrN4O4/c1-5-25-14-7-12(8-20-22-9-10(2)21-17(22)19)6-13(18)15(14)26-11(3)16(23)24-4/h6-9,11H,5H2,1-4H3,(H2,19,21). The van der Waals surface area contributed by atoms with Crippen molar-refractivity contribution in [1.82, 2.24) is 9.66 Å². The number of carbonyl (C=O) groups excluding carboxylic acids is 1. The van der Waals surface area contributed by atoms with Crippen LogP contribution in [0, 0.1) is 6.92 Å². The Bertz CT molecular complexity index is 819. The lowest BCUT2D eigenvalue weighted by Gasteiger charge is -2.17. The molecule has 1 aromatic heterocycles. The van der Waals surface area contributed by atoms with Crippen LogP contribution in [0.3, 0.4) is 0 Å². The highest BCUT2D eigenvalue weighted by atomic mass is 79.9. The van der Waals surface area contributed by atoms with Gasteiger partial charge in [0.25, 0.3) is 0 Å². The number of esters is 1. The Balaban J connectivity index is 2.32. The van der Waals surface area contributed by atoms with Crippen molar-refractivity contribution in [2.75, 3.05) is 19.5 Å². The van der Waals surface area contributed by atoms with Crippen molar-refractivity contribution in [3.8, 4) is 11.5 Å². The molecule has 26 heavy (non-hydrogen) atoms. The number of nitrogens with two attached hydrogens (primary N) is 1. The van der Waals surface area contributed by atoms with Gasteiger partial charge in [-0.1, -0.05) is 0 Å². The van der Waals surface area contributed by atoms with Crippen LogP contribution in [0.2, 0.25) is 0 Å². The number of rotatable bonds is 7. The zero-order valence-electron chi connectivity index (χ0n) is 15.0. The smallest absolute Gasteiger partial charge is 0.346 e. The first kappa shape index (κ1) is 19.8. The largest absolute Gasteiger partial charge is 0.490 e. The highest BCUT2D eigenvalue weighted by Gasteiger charge is 2.20. The Labute approximate surface area is 160 Å². The number of hydrogen-bond acceptors (Lipinski definition) is 7. The van der Waals surface area contributed by atoms with Gasteiger partial charge in [-0.15, -0.1) is 0 Å². The molecule has 1 aromatic carbocycles. The maximum atomic E-state index is 11.6. The predicted octanol–water partition coefficient (Wildman–Crippen LogP) is 2.76. The van der Waals surface area contributed by atoms with Crippen molar-refractivity contribution >= 4 is 34.1 Å². The van der Waals surface area contributed by atoms with Gasteiger partial charge in [-0.25, -0.2) is 14.5 Å². The van der Waals surface area contributed by atoms with Crippen molar-refractivity contribution in [3.05, 3.63) is 34.1 Å². The van der Waals surface area contributed by atoms with E-state index in [1.54, 1.807) is 31.5 Å². The molecular formula is C17H21BrN4O4. The molecule has 1 heterocycles. The van der Waals surface area contributed by atoms with Crippen LogP contribution >= 0.6 is 15.9 Å². The second-order valence-corrected chi connectivity index (χ2v) is 6.23. The maximum Gasteiger partial charge on any atom is 0.346 e. The number of nitrogens with zero attached hydrogens (tertiary/aromatic N) is 3. The minimum absolute atomic E-state index is 0.301. The van der Waals surface area contributed by atoms with Crippen LogP contribution in [0.4, 0.5) is 5.95 Å². The van der Waals surface area contributed by atoms with Crippen LogP contribution in [0.25, 0.3) is 0 Å². The minimum atomic E-state index is -0.774. The van der Waals surface area contributed by atoms with Gasteiger partial charge in [0.1, 0.15) is 0 Å². The summed E-state index contributed by atoms with van der Waals surface area (Å²) in [6.07, 6.45) is 2.57. The van der Waals surface area contributed by atoms with Gasteiger partial charge in [0.2, 0.25) is 5.95 Å². The van der Waals surface area contributed by atoms with E-state index in [-0.39, 0.29) is 0 Å². The fourth-order valence-corrected chi connectivity index (χ4v) is 2.71. The third-order valence-electron chi connectivity index (χ3n) is 3.33. The quantitative estimate of drug-likeness (QED) is 0.541. The van der Waals surface area contributed by atoms with E-state index in [9.17, 15) is 4.79 Å². The number of aromatic nitrogens is 2. The molecular weight excluding hydrogens is 404 g/mol. The molecule has 8 nitrogen and oxygen atoms in total. The molecule has 0 spiro atoms. The molecule has 0 bridgehead atoms. The molecule has 0 radical (unpaired) electrons. The Hall–Kier alpha value is -2.55. The van der Waals surface area contributed by atoms with Gasteiger partial charge < -0.3 is 19.9 Å². The summed E-state index contributed by atoms with van der Waals surface area (Å²) in [6.45, 7) is 5.73. The van der Waals surface area contributed by atoms with E-state index in [1.807, 2.05) is 13.8 Å². The summed E-state index contributed by atoms with van der Waals surface area (Å²) in [4.78, 5) is 15.7. The second kappa shape index (κ2) is 8.70. The molecule has 0 saturated heterocycles. The Morgan fingerprint density at radius 1 is 1.50 bits per heavy atom. The lowest BCUT2D eigenvalue weighted by atomic mass is 10.2. The van der Waals surface area contributed by atoms with E-state index in [4.69, 9.17) is 15.2 Å². The first-order valence-corrected chi connectivity index (χ1v) is 8.71. The molecule has 0 amide bonds. The molecule has 0 saturated carbocycles. The molecule has 0 aliphatic rings. The zero-order valence-corrected chi connectivity index (χ0v) is 16.6. The SMILES string of the molecule is CCOc1cc(C=Nn2cc(C)nc2N)cc(Br)c1OC(C)C(=O)OC. The van der Waals surface area contributed by atoms with Crippen LogP contribution in [0.15, 0.2) is 27.9 Å². The summed E-state index contributed by atoms with van der Waals surface area (Å²) in [5, 5.41) is 4.28. The highest BCUT2D eigenvalue weighted by molar-refractivity contribution is 9.10. The normalized spacial score (nSPS) is 12.2. The number of anilines is 1. The van der Waals surface area contributed by atoms with Crippen molar-refractivity contribution in [2.45, 2.75) is 26.9 Å². The molecule has 0 aliphatic carbocycles. The monoisotopic (exact) mass is 424 g/mol. The van der Waals surface area contributed by atoms with E-state index < -0.39 is 12.1 Å². The van der Waals surface area contributed by atoms with Gasteiger partial charge in [0.05, 0.1) is 36.3 Å². The average molecular weight is 425 g/mol. The lowest BCUT2D eigenvalue weighted by molar-refractivity contribution is -0.147. The summed E-state index contributed by atoms with van der Waals surface area (Å²) < 4.78 is 18.1. The van der Waals surface area contributed by atoms with Gasteiger partial charge in [0, 0.05) is 0 Å². The van der Waals surface area contributed by atoms with Gasteiger partial charge in [-0.2, -0.15) is 5.10 Å². The fraction of sp³-hybridized carbons (Fsp3) is 0.353. The fourth-order valence-electron chi connectivity index (χ4n) is 2.16. The van der Waals surface area contributed by atoms with Gasteiger partial charge in [0.15, 0.2) is 17.6 Å². The molecule has 0 fully saturated rings. The molecule has 2 rings (SSSR count). The van der Waals surface area contributed by atoms with Gasteiger partial charge >= 0.3 is 5.97 Å². The first-order chi connectivity index (χ1) is 12.3. The predicted molar refractivity (Wildman–Crippen MR) is 102 cm³/mol. The van der Waals surface area contributed by atoms with Crippen LogP contribution in [-0.2, 0) is 9.53 Å². The molecule has 140 valence electrons. The summed E-state index contributed by atoms with van der Waals surface area (Å²) in [7, 11) is 1.31. The van der Waals surface area contributed by atoms with Gasteiger partial charge in [-0.05, 0) is 54.4 Å². The molecule has 2 N–H and O–H groups in total. The maximum absolute atomic E-state index is 11.6. The number of aryl methyl sites for hydroxylation is 1. The number of methoxy groups -OCH3 is 1. The van der Waals surface area contributed by atoms with E-state index >= 15 is 0 Å². The zero-order chi connectivity index (χ0) is 19.3. The van der Waals surface area contributed by atoms with E-state index in [0.29, 0.717) is 28.5 Å². The molecule has 0 aliphatic heterocycles. The summed E-state index contributed by atoms with van der Waals surface area (Å²) in [6, 6.07) is 3.56. The second-order valence-electron chi connectivity index (χ2n) is 5.38. The summed E-state index contributed by atoms with van der Waals surface area (Å²) in [5.74, 6) is 0.722. The Morgan fingerprint density at radius 2 is 2.23 bits per heavy atom. The molecule has 9 heteroatoms. The number of benzene rings is 1. The van der Waals surface area contributed by atoms with Gasteiger partial charge in [-0.3, -0.25) is 0 Å². The lowest BCUT2D eigenvalue weighted by Crippen LogP contribution is -2.25. The topological polar surface area (TPSA) is 101 Å². The summed E-state index contributed by atoms with van der Waals surface area (Å²) >= 11 is 3.45. The Kier molecular flexibility index (Phi) is 6.62. The van der Waals surface area contributed by atoms with E-state index in [2.05, 4.69) is 30.8 Å². The molecule has 1 atom stereocenters. The Morgan fingerprint density at radius 3 is 2.81 bits per heavy atom. The number of nitrogen functional groups attached to an aromatic ring is 1. The molecule has 2 aromatic rings. The van der Waals surface area contributed by atoms with E-state index in [1.165, 1.54) is 11.8 Å². The summed E-state index contributed by atoms with van der Waals surface area (Å²) in [5.41, 5.74) is 7.30. The van der Waals surface area contributed by atoms with E-state index in [0.717, 1.165) is 11.3 Å². The first-order valence-electron chi connectivity index (χ1n) is 7.92. The number of halogens is 1. The third kappa shape index (κ3) is 4.75. The third-order valence-corrected chi connectivity index (χ3v) is 3.91. The molecule has 1 unspecified atom stereocenters. The number of imidazole rings is 1. The number of ether oxygens (including phenoxy) is 3. The van der Waals surface area contributed by atoms with Crippen LogP contribution < -0.4 is 15.2 Å². The number of hydrogen-bond donors (Lipinski definition) is 1. The van der Waals surface area contributed by atoms with Crippen LogP contribution in [-0.4, -0.2) is 41.7 Å².